The molecule has 0 amide bonds. The first-order chi connectivity index (χ1) is 6.36. The van der Waals surface area contributed by atoms with Gasteiger partial charge in [0.15, 0.2) is 0 Å². The van der Waals surface area contributed by atoms with E-state index in [2.05, 4.69) is 23.3 Å². The van der Waals surface area contributed by atoms with Gasteiger partial charge in [-0.25, -0.2) is 0 Å². The zero-order chi connectivity index (χ0) is 9.10. The van der Waals surface area contributed by atoms with E-state index in [0.717, 1.165) is 5.92 Å². The molecule has 0 radical (unpaired) electrons. The van der Waals surface area contributed by atoms with Crippen LogP contribution in [0.2, 0.25) is 0 Å². The Balaban J connectivity index is 0.000000980. The minimum absolute atomic E-state index is 0. The maximum atomic E-state index is 4.10. The third-order valence-corrected chi connectivity index (χ3v) is 2.81. The van der Waals surface area contributed by atoms with E-state index in [-0.39, 0.29) is 13.5 Å². The van der Waals surface area contributed by atoms with Gasteiger partial charge in [0.25, 0.3) is 0 Å². The average Bonchev–Trinajstić information content (AvgIpc) is 2.61. The fourth-order valence-corrected chi connectivity index (χ4v) is 1.93. The van der Waals surface area contributed by atoms with Crippen LogP contribution < -0.4 is 5.32 Å². The molecule has 3 heteroatoms. The predicted octanol–water partition coefficient (Wildman–Crippen LogP) is 1.65. The van der Waals surface area contributed by atoms with Gasteiger partial charge in [-0.2, -0.15) is 13.5 Å². The summed E-state index contributed by atoms with van der Waals surface area (Å²) in [6.07, 6.45) is 6.38. The molecular formula is C11H18N2S. The van der Waals surface area contributed by atoms with Crippen LogP contribution in [0.1, 0.15) is 17.5 Å². The fraction of sp³-hybridized carbons (Fsp3) is 0.545. The van der Waals surface area contributed by atoms with Crippen molar-refractivity contribution < 1.29 is 0 Å². The van der Waals surface area contributed by atoms with Gasteiger partial charge in [0, 0.05) is 12.4 Å². The van der Waals surface area contributed by atoms with E-state index in [4.69, 9.17) is 0 Å². The molecule has 14 heavy (non-hydrogen) atoms. The van der Waals surface area contributed by atoms with Gasteiger partial charge in [-0.05, 0) is 56.0 Å². The van der Waals surface area contributed by atoms with Crippen molar-refractivity contribution in [2.45, 2.75) is 19.8 Å². The maximum Gasteiger partial charge on any atom is 0.0299 e. The van der Waals surface area contributed by atoms with Crippen LogP contribution in [0.15, 0.2) is 18.5 Å². The molecule has 1 atom stereocenters. The smallest absolute Gasteiger partial charge is 0.0299 e. The number of hydrogen-bond acceptors (Lipinski definition) is 2. The van der Waals surface area contributed by atoms with Crippen molar-refractivity contribution >= 4 is 13.5 Å². The van der Waals surface area contributed by atoms with E-state index in [1.807, 2.05) is 12.4 Å². The van der Waals surface area contributed by atoms with Crippen molar-refractivity contribution in [2.75, 3.05) is 13.1 Å². The first kappa shape index (κ1) is 11.5. The molecular weight excluding hydrogens is 192 g/mol. The second-order valence-electron chi connectivity index (χ2n) is 3.87. The quantitative estimate of drug-likeness (QED) is 0.803. The predicted molar refractivity (Wildman–Crippen MR) is 64.0 cm³/mol. The molecule has 2 heterocycles. The Kier molecular flexibility index (Phi) is 4.42. The zero-order valence-corrected chi connectivity index (χ0v) is 9.59. The van der Waals surface area contributed by atoms with E-state index in [1.54, 1.807) is 0 Å². The van der Waals surface area contributed by atoms with Gasteiger partial charge in [-0.3, -0.25) is 4.98 Å². The first-order valence-corrected chi connectivity index (χ1v) is 4.96. The summed E-state index contributed by atoms with van der Waals surface area (Å²) < 4.78 is 0. The lowest BCUT2D eigenvalue weighted by atomic mass is 9.97. The van der Waals surface area contributed by atoms with E-state index in [9.17, 15) is 0 Å². The molecule has 0 saturated carbocycles. The Morgan fingerprint density at radius 1 is 1.57 bits per heavy atom. The number of nitrogens with zero attached hydrogens (tertiary/aromatic N) is 1. The molecule has 1 N–H and O–H groups in total. The minimum Gasteiger partial charge on any atom is -0.316 e. The normalized spacial score (nSPS) is 20.5. The molecule has 1 unspecified atom stereocenters. The fourth-order valence-electron chi connectivity index (χ4n) is 1.93. The van der Waals surface area contributed by atoms with Crippen LogP contribution in [0.3, 0.4) is 0 Å². The number of nitrogens with one attached hydrogen (secondary N) is 1. The number of aryl methyl sites for hydroxylation is 1. The van der Waals surface area contributed by atoms with Crippen LogP contribution >= 0.6 is 13.5 Å². The molecule has 0 bridgehead atoms. The van der Waals surface area contributed by atoms with Crippen LogP contribution in [0.25, 0.3) is 0 Å². The standard InChI is InChI=1S/C11H16N2.H2S/c1-9-7-12-5-3-11(9)6-10-2-4-13-8-10;/h3,5,7,10,13H,2,4,6,8H2,1H3;1H2. The Labute approximate surface area is 92.6 Å². The summed E-state index contributed by atoms with van der Waals surface area (Å²) in [5.41, 5.74) is 2.79. The molecule has 1 fully saturated rings. The average molecular weight is 210 g/mol. The summed E-state index contributed by atoms with van der Waals surface area (Å²) in [6.45, 7) is 4.52. The summed E-state index contributed by atoms with van der Waals surface area (Å²) >= 11 is 0. The van der Waals surface area contributed by atoms with Crippen LogP contribution in [0.4, 0.5) is 0 Å². The molecule has 0 aliphatic carbocycles. The summed E-state index contributed by atoms with van der Waals surface area (Å²) in [6, 6.07) is 2.15. The third kappa shape index (κ3) is 2.72. The van der Waals surface area contributed by atoms with E-state index in [0.29, 0.717) is 0 Å². The van der Waals surface area contributed by atoms with Crippen molar-refractivity contribution in [3.63, 3.8) is 0 Å². The number of rotatable bonds is 2. The molecule has 1 aliphatic rings. The summed E-state index contributed by atoms with van der Waals surface area (Å²) in [7, 11) is 0. The molecule has 0 spiro atoms. The van der Waals surface area contributed by atoms with Crippen LogP contribution in [-0.2, 0) is 6.42 Å². The van der Waals surface area contributed by atoms with E-state index < -0.39 is 0 Å². The first-order valence-electron chi connectivity index (χ1n) is 4.96. The lowest BCUT2D eigenvalue weighted by molar-refractivity contribution is 0.578. The minimum atomic E-state index is 0. The molecule has 1 saturated heterocycles. The maximum absolute atomic E-state index is 4.10. The summed E-state index contributed by atoms with van der Waals surface area (Å²) in [5.74, 6) is 0.834. The van der Waals surface area contributed by atoms with Crippen molar-refractivity contribution in [2.24, 2.45) is 5.92 Å². The van der Waals surface area contributed by atoms with Gasteiger partial charge >= 0.3 is 0 Å². The van der Waals surface area contributed by atoms with Crippen molar-refractivity contribution in [3.8, 4) is 0 Å². The van der Waals surface area contributed by atoms with Gasteiger partial charge in [-0.1, -0.05) is 0 Å². The highest BCUT2D eigenvalue weighted by Gasteiger charge is 2.15. The van der Waals surface area contributed by atoms with E-state index in [1.165, 1.54) is 37.1 Å². The van der Waals surface area contributed by atoms with E-state index >= 15 is 0 Å². The topological polar surface area (TPSA) is 24.9 Å². The Morgan fingerprint density at radius 3 is 3.07 bits per heavy atom. The SMILES string of the molecule is Cc1cnccc1CC1CCNC1.S. The number of pyridine rings is 1. The second-order valence-corrected chi connectivity index (χ2v) is 3.87. The number of hydrogen-bond donors (Lipinski definition) is 1. The van der Waals surface area contributed by atoms with Crippen molar-refractivity contribution in [1.82, 2.24) is 10.3 Å². The molecule has 1 aromatic heterocycles. The number of aromatic nitrogens is 1. The Hall–Kier alpha value is -0.540. The lowest BCUT2D eigenvalue weighted by Crippen LogP contribution is -2.11. The Bertz CT molecular complexity index is 282. The zero-order valence-electron chi connectivity index (χ0n) is 8.59. The van der Waals surface area contributed by atoms with Gasteiger partial charge < -0.3 is 5.32 Å². The Morgan fingerprint density at radius 2 is 2.43 bits per heavy atom. The highest BCUT2D eigenvalue weighted by atomic mass is 32.1. The van der Waals surface area contributed by atoms with Crippen LogP contribution in [-0.4, -0.2) is 18.1 Å². The monoisotopic (exact) mass is 210 g/mol. The molecule has 1 aliphatic heterocycles. The van der Waals surface area contributed by atoms with Crippen molar-refractivity contribution in [1.29, 1.82) is 0 Å². The second kappa shape index (κ2) is 5.37. The van der Waals surface area contributed by atoms with Gasteiger partial charge in [0.2, 0.25) is 0 Å². The summed E-state index contributed by atoms with van der Waals surface area (Å²) in [5, 5.41) is 3.40. The summed E-state index contributed by atoms with van der Waals surface area (Å²) in [4.78, 5) is 4.10. The van der Waals surface area contributed by atoms with Crippen molar-refractivity contribution in [3.05, 3.63) is 29.6 Å². The largest absolute Gasteiger partial charge is 0.316 e. The van der Waals surface area contributed by atoms with Gasteiger partial charge in [0.05, 0.1) is 0 Å². The third-order valence-electron chi connectivity index (χ3n) is 2.81. The molecule has 1 aromatic rings. The van der Waals surface area contributed by atoms with Gasteiger partial charge in [0.1, 0.15) is 0 Å². The van der Waals surface area contributed by atoms with Crippen LogP contribution in [0.5, 0.6) is 0 Å². The highest BCUT2D eigenvalue weighted by molar-refractivity contribution is 7.59. The molecule has 2 nitrogen and oxygen atoms in total. The molecule has 0 aromatic carbocycles. The lowest BCUT2D eigenvalue weighted by Gasteiger charge is -2.09. The highest BCUT2D eigenvalue weighted by Crippen LogP contribution is 2.16. The van der Waals surface area contributed by atoms with Gasteiger partial charge in [-0.15, -0.1) is 0 Å². The van der Waals surface area contributed by atoms with Crippen LogP contribution in [0, 0.1) is 12.8 Å². The molecule has 78 valence electrons. The molecule has 2 rings (SSSR count).